The molecule has 24 heavy (non-hydrogen) atoms. The summed E-state index contributed by atoms with van der Waals surface area (Å²) in [6, 6.07) is 7.41. The fraction of sp³-hybridized carbons (Fsp3) is 0.0667. The first-order chi connectivity index (χ1) is 11.5. The van der Waals surface area contributed by atoms with Gasteiger partial charge in [-0.3, -0.25) is 0 Å². The molecule has 0 N–H and O–H groups in total. The van der Waals surface area contributed by atoms with Crippen molar-refractivity contribution in [3.63, 3.8) is 0 Å². The molecule has 3 heterocycles. The number of halogens is 3. The van der Waals surface area contributed by atoms with E-state index in [9.17, 15) is 13.2 Å². The maximum atomic E-state index is 12.7. The van der Waals surface area contributed by atoms with Gasteiger partial charge in [0.1, 0.15) is 0 Å². The van der Waals surface area contributed by atoms with Gasteiger partial charge in [-0.1, -0.05) is 12.1 Å². The Balaban J connectivity index is 1.81. The van der Waals surface area contributed by atoms with Crippen molar-refractivity contribution in [2.75, 3.05) is 0 Å². The third-order valence-electron chi connectivity index (χ3n) is 3.47. The van der Waals surface area contributed by atoms with Crippen molar-refractivity contribution < 1.29 is 13.2 Å². The van der Waals surface area contributed by atoms with Crippen LogP contribution in [-0.2, 0) is 6.18 Å². The van der Waals surface area contributed by atoms with Crippen LogP contribution in [0.15, 0.2) is 55.4 Å². The molecule has 0 radical (unpaired) electrons. The van der Waals surface area contributed by atoms with E-state index in [0.29, 0.717) is 11.9 Å². The van der Waals surface area contributed by atoms with Crippen LogP contribution >= 0.6 is 0 Å². The molecule has 0 atom stereocenters. The topological polar surface area (TPSA) is 60.9 Å². The highest BCUT2D eigenvalue weighted by Gasteiger charge is 2.33. The van der Waals surface area contributed by atoms with Gasteiger partial charge in [-0.2, -0.15) is 22.8 Å². The highest BCUT2D eigenvalue weighted by molar-refractivity contribution is 5.64. The lowest BCUT2D eigenvalue weighted by atomic mass is 10.1. The van der Waals surface area contributed by atoms with Crippen molar-refractivity contribution in [1.29, 1.82) is 0 Å². The zero-order chi connectivity index (χ0) is 16.7. The third-order valence-corrected chi connectivity index (χ3v) is 3.47. The molecule has 0 aliphatic rings. The minimum absolute atomic E-state index is 0.104. The van der Waals surface area contributed by atoms with Crippen molar-refractivity contribution in [3.05, 3.63) is 61.1 Å². The molecule has 4 aromatic rings. The summed E-state index contributed by atoms with van der Waals surface area (Å²) in [5.74, 6) is -0.104. The number of rotatable bonds is 2. The molecule has 0 aliphatic heterocycles. The van der Waals surface area contributed by atoms with Gasteiger partial charge >= 0.3 is 6.18 Å². The molecule has 0 aliphatic carbocycles. The van der Waals surface area contributed by atoms with Crippen molar-refractivity contribution in [3.8, 4) is 16.9 Å². The molecule has 9 heteroatoms. The predicted octanol–water partition coefficient (Wildman–Crippen LogP) is 3.00. The van der Waals surface area contributed by atoms with Crippen LogP contribution in [0.2, 0.25) is 0 Å². The van der Waals surface area contributed by atoms with Crippen LogP contribution in [0.5, 0.6) is 0 Å². The summed E-state index contributed by atoms with van der Waals surface area (Å²) in [6.45, 7) is 0. The maximum absolute atomic E-state index is 12.7. The van der Waals surface area contributed by atoms with Crippen LogP contribution in [0.3, 0.4) is 0 Å². The molecule has 120 valence electrons. The zero-order valence-electron chi connectivity index (χ0n) is 12.0. The van der Waals surface area contributed by atoms with Gasteiger partial charge in [-0.05, 0) is 12.1 Å². The number of benzene rings is 1. The lowest BCUT2D eigenvalue weighted by molar-refractivity contribution is -0.141. The van der Waals surface area contributed by atoms with Crippen LogP contribution in [-0.4, -0.2) is 29.1 Å². The molecule has 4 rings (SSSR count). The Morgan fingerprint density at radius 1 is 1.08 bits per heavy atom. The summed E-state index contributed by atoms with van der Waals surface area (Å²) in [7, 11) is 0. The summed E-state index contributed by atoms with van der Waals surface area (Å²) in [6.07, 6.45) is 2.69. The molecule has 0 saturated carbocycles. The van der Waals surface area contributed by atoms with Crippen molar-refractivity contribution in [2.45, 2.75) is 6.18 Å². The molecule has 6 nitrogen and oxygen atoms in total. The molecule has 0 unspecified atom stereocenters. The largest absolute Gasteiger partial charge is 0.435 e. The maximum Gasteiger partial charge on any atom is 0.435 e. The van der Waals surface area contributed by atoms with Crippen LogP contribution in [0.4, 0.5) is 13.2 Å². The standard InChI is InChI=1S/C15H9F3N6/c16-15(17,18)13-8-21-24-12(7-20-14(24)22-13)10-2-1-3-11(6-10)23-5-4-19-9-23/h1-9H. The van der Waals surface area contributed by atoms with Gasteiger partial charge in [0.25, 0.3) is 5.78 Å². The molecule has 0 bridgehead atoms. The van der Waals surface area contributed by atoms with Crippen molar-refractivity contribution >= 4 is 5.78 Å². The Bertz CT molecular complexity index is 1000. The molecular weight excluding hydrogens is 321 g/mol. The first kappa shape index (κ1) is 14.4. The monoisotopic (exact) mass is 330 g/mol. The van der Waals surface area contributed by atoms with E-state index in [2.05, 4.69) is 20.1 Å². The van der Waals surface area contributed by atoms with Gasteiger partial charge in [0, 0.05) is 23.6 Å². The molecule has 0 amide bonds. The van der Waals surface area contributed by atoms with E-state index in [0.717, 1.165) is 11.3 Å². The first-order valence-corrected chi connectivity index (χ1v) is 6.89. The second-order valence-corrected chi connectivity index (χ2v) is 5.01. The minimum atomic E-state index is -4.55. The van der Waals surface area contributed by atoms with Gasteiger partial charge in [0.2, 0.25) is 0 Å². The highest BCUT2D eigenvalue weighted by Crippen LogP contribution is 2.28. The molecule has 3 aromatic heterocycles. The predicted molar refractivity (Wildman–Crippen MR) is 78.3 cm³/mol. The lowest BCUT2D eigenvalue weighted by Gasteiger charge is -2.07. The van der Waals surface area contributed by atoms with Crippen LogP contribution < -0.4 is 0 Å². The summed E-state index contributed by atoms with van der Waals surface area (Å²) < 4.78 is 41.2. The molecule has 1 aromatic carbocycles. The number of hydrogen-bond acceptors (Lipinski definition) is 4. The third kappa shape index (κ3) is 2.39. The molecule has 0 spiro atoms. The number of hydrogen-bond donors (Lipinski definition) is 0. The number of imidazole rings is 2. The van der Waals surface area contributed by atoms with E-state index in [1.807, 2.05) is 28.8 Å². The molecular formula is C15H9F3N6. The van der Waals surface area contributed by atoms with Crippen LogP contribution in [0.1, 0.15) is 5.69 Å². The Morgan fingerprint density at radius 3 is 2.71 bits per heavy atom. The quantitative estimate of drug-likeness (QED) is 0.567. The SMILES string of the molecule is FC(F)(F)c1cnn2c(-c3cccc(-n4ccnc4)c3)cnc2n1. The van der Waals surface area contributed by atoms with Gasteiger partial charge in [-0.25, -0.2) is 15.0 Å². The van der Waals surface area contributed by atoms with E-state index in [1.165, 1.54) is 10.7 Å². The summed E-state index contributed by atoms with van der Waals surface area (Å²) >= 11 is 0. The number of nitrogens with zero attached hydrogens (tertiary/aromatic N) is 6. The van der Waals surface area contributed by atoms with Gasteiger partial charge in [-0.15, -0.1) is 0 Å². The fourth-order valence-corrected chi connectivity index (χ4v) is 2.35. The van der Waals surface area contributed by atoms with E-state index in [1.54, 1.807) is 18.7 Å². The van der Waals surface area contributed by atoms with E-state index < -0.39 is 11.9 Å². The van der Waals surface area contributed by atoms with Crippen LogP contribution in [0.25, 0.3) is 22.7 Å². The van der Waals surface area contributed by atoms with Crippen LogP contribution in [0, 0.1) is 0 Å². The minimum Gasteiger partial charge on any atom is -0.306 e. The van der Waals surface area contributed by atoms with Crippen molar-refractivity contribution in [2.24, 2.45) is 0 Å². The summed E-state index contributed by atoms with van der Waals surface area (Å²) in [5, 5.41) is 3.83. The number of alkyl halides is 3. The molecule has 0 fully saturated rings. The second kappa shape index (κ2) is 5.15. The Kier molecular flexibility index (Phi) is 3.08. The highest BCUT2D eigenvalue weighted by atomic mass is 19.4. The van der Waals surface area contributed by atoms with E-state index in [4.69, 9.17) is 0 Å². The average molecular weight is 330 g/mol. The van der Waals surface area contributed by atoms with Gasteiger partial charge < -0.3 is 4.57 Å². The van der Waals surface area contributed by atoms with Crippen molar-refractivity contribution in [1.82, 2.24) is 29.1 Å². The molecule has 0 saturated heterocycles. The smallest absolute Gasteiger partial charge is 0.306 e. The fourth-order valence-electron chi connectivity index (χ4n) is 2.35. The van der Waals surface area contributed by atoms with E-state index in [-0.39, 0.29) is 5.78 Å². The Hall–Kier alpha value is -3.23. The number of fused-ring (bicyclic) bond motifs is 1. The van der Waals surface area contributed by atoms with Gasteiger partial charge in [0.05, 0.1) is 24.4 Å². The zero-order valence-corrected chi connectivity index (χ0v) is 12.0. The van der Waals surface area contributed by atoms with E-state index >= 15 is 0 Å². The summed E-state index contributed by atoms with van der Waals surface area (Å²) in [5.41, 5.74) is 1.09. The Morgan fingerprint density at radius 2 is 1.96 bits per heavy atom. The second-order valence-electron chi connectivity index (χ2n) is 5.01. The number of aromatic nitrogens is 6. The normalized spacial score (nSPS) is 12.0. The summed E-state index contributed by atoms with van der Waals surface area (Å²) in [4.78, 5) is 11.4. The first-order valence-electron chi connectivity index (χ1n) is 6.89. The Labute approximate surface area is 133 Å². The average Bonchev–Trinajstić information content (AvgIpc) is 3.23. The van der Waals surface area contributed by atoms with Gasteiger partial charge in [0.15, 0.2) is 5.69 Å². The lowest BCUT2D eigenvalue weighted by Crippen LogP contribution is -2.11.